The van der Waals surface area contributed by atoms with Crippen molar-refractivity contribution < 1.29 is 9.53 Å². The fraction of sp³-hybridized carbons (Fsp3) is 0.533. The van der Waals surface area contributed by atoms with Gasteiger partial charge in [0.05, 0.1) is 0 Å². The molecule has 98 valence electrons. The molecule has 0 radical (unpaired) electrons. The van der Waals surface area contributed by atoms with E-state index >= 15 is 0 Å². The van der Waals surface area contributed by atoms with Crippen LogP contribution in [0, 0.1) is 5.92 Å². The molecule has 0 bridgehead atoms. The van der Waals surface area contributed by atoms with Crippen LogP contribution in [-0.4, -0.2) is 11.3 Å². The molecular formula is C15H19ClO2. The standard InChI is InChI=1S/C15H19ClO2/c16-14(11-12-7-3-1-4-8-12)15(17)18-13-9-5-2-6-10-13/h2,5-6,9-10,12,14H,1,3-4,7-8,11H2/t14-/m0/s1. The normalized spacial score (nSPS) is 18.3. The van der Waals surface area contributed by atoms with Gasteiger partial charge in [-0.2, -0.15) is 0 Å². The second-order valence-corrected chi connectivity index (χ2v) is 5.47. The van der Waals surface area contributed by atoms with Gasteiger partial charge in [-0.1, -0.05) is 50.3 Å². The molecule has 1 aromatic carbocycles. The number of rotatable bonds is 4. The number of carbonyl (C=O) groups is 1. The first-order valence-electron chi connectivity index (χ1n) is 6.66. The van der Waals surface area contributed by atoms with Gasteiger partial charge in [-0.15, -0.1) is 11.6 Å². The quantitative estimate of drug-likeness (QED) is 0.464. The zero-order chi connectivity index (χ0) is 12.8. The summed E-state index contributed by atoms with van der Waals surface area (Å²) in [6, 6.07) is 9.10. The number of ether oxygens (including phenoxy) is 1. The molecule has 0 heterocycles. The van der Waals surface area contributed by atoms with E-state index in [4.69, 9.17) is 16.3 Å². The third-order valence-electron chi connectivity index (χ3n) is 3.48. The van der Waals surface area contributed by atoms with Gasteiger partial charge in [0.1, 0.15) is 11.1 Å². The maximum Gasteiger partial charge on any atom is 0.329 e. The number of alkyl halides is 1. The Morgan fingerprint density at radius 2 is 1.89 bits per heavy atom. The predicted octanol–water partition coefficient (Wildman–Crippen LogP) is 4.17. The minimum atomic E-state index is -0.520. The molecule has 1 aliphatic rings. The maximum atomic E-state index is 11.8. The molecule has 2 rings (SSSR count). The lowest BCUT2D eigenvalue weighted by molar-refractivity contribution is -0.134. The first-order valence-corrected chi connectivity index (χ1v) is 7.10. The number of hydrogen-bond acceptors (Lipinski definition) is 2. The Bertz CT molecular complexity index is 371. The van der Waals surface area contributed by atoms with E-state index in [1.807, 2.05) is 18.2 Å². The molecule has 0 saturated heterocycles. The van der Waals surface area contributed by atoms with E-state index < -0.39 is 5.38 Å². The van der Waals surface area contributed by atoms with Gasteiger partial charge in [0.15, 0.2) is 0 Å². The molecule has 1 fully saturated rings. The number of carbonyl (C=O) groups excluding carboxylic acids is 1. The van der Waals surface area contributed by atoms with Gasteiger partial charge < -0.3 is 4.74 Å². The second-order valence-electron chi connectivity index (χ2n) is 4.94. The predicted molar refractivity (Wildman–Crippen MR) is 72.9 cm³/mol. The molecular weight excluding hydrogens is 248 g/mol. The monoisotopic (exact) mass is 266 g/mol. The van der Waals surface area contributed by atoms with Gasteiger partial charge in [0.2, 0.25) is 0 Å². The van der Waals surface area contributed by atoms with Crippen LogP contribution in [0.1, 0.15) is 38.5 Å². The fourth-order valence-electron chi connectivity index (χ4n) is 2.48. The van der Waals surface area contributed by atoms with Gasteiger partial charge in [-0.25, -0.2) is 0 Å². The molecule has 0 unspecified atom stereocenters. The van der Waals surface area contributed by atoms with E-state index in [-0.39, 0.29) is 5.97 Å². The summed E-state index contributed by atoms with van der Waals surface area (Å²) in [5, 5.41) is -0.520. The first kappa shape index (κ1) is 13.4. The van der Waals surface area contributed by atoms with Crippen molar-refractivity contribution in [2.45, 2.75) is 43.9 Å². The van der Waals surface area contributed by atoms with Crippen LogP contribution in [0.15, 0.2) is 30.3 Å². The van der Waals surface area contributed by atoms with Crippen LogP contribution in [0.4, 0.5) is 0 Å². The maximum absolute atomic E-state index is 11.8. The summed E-state index contributed by atoms with van der Waals surface area (Å²) < 4.78 is 5.25. The highest BCUT2D eigenvalue weighted by molar-refractivity contribution is 6.30. The number of halogens is 1. The molecule has 2 nitrogen and oxygen atoms in total. The molecule has 18 heavy (non-hydrogen) atoms. The number of hydrogen-bond donors (Lipinski definition) is 0. The lowest BCUT2D eigenvalue weighted by atomic mass is 9.86. The molecule has 0 amide bonds. The van der Waals surface area contributed by atoms with Gasteiger partial charge in [-0.3, -0.25) is 4.79 Å². The van der Waals surface area contributed by atoms with Crippen LogP contribution in [0.3, 0.4) is 0 Å². The van der Waals surface area contributed by atoms with Crippen molar-refractivity contribution in [3.63, 3.8) is 0 Å². The van der Waals surface area contributed by atoms with Crippen molar-refractivity contribution in [1.82, 2.24) is 0 Å². The van der Waals surface area contributed by atoms with E-state index in [1.165, 1.54) is 32.1 Å². The number of para-hydroxylation sites is 1. The summed E-state index contributed by atoms with van der Waals surface area (Å²) in [6.07, 6.45) is 6.98. The summed E-state index contributed by atoms with van der Waals surface area (Å²) in [4.78, 5) is 11.8. The van der Waals surface area contributed by atoms with Gasteiger partial charge in [0.25, 0.3) is 0 Å². The van der Waals surface area contributed by atoms with Crippen molar-refractivity contribution in [1.29, 1.82) is 0 Å². The lowest BCUT2D eigenvalue weighted by Gasteiger charge is -2.22. The number of benzene rings is 1. The first-order chi connectivity index (χ1) is 8.75. The Morgan fingerprint density at radius 1 is 1.22 bits per heavy atom. The largest absolute Gasteiger partial charge is 0.425 e. The van der Waals surface area contributed by atoms with Crippen LogP contribution in [0.25, 0.3) is 0 Å². The molecule has 0 aliphatic heterocycles. The van der Waals surface area contributed by atoms with Crippen molar-refractivity contribution >= 4 is 17.6 Å². The van der Waals surface area contributed by atoms with Gasteiger partial charge in [0, 0.05) is 0 Å². The highest BCUT2D eigenvalue weighted by Gasteiger charge is 2.23. The molecule has 1 atom stereocenters. The third-order valence-corrected chi connectivity index (χ3v) is 3.84. The molecule has 3 heteroatoms. The summed E-state index contributed by atoms with van der Waals surface area (Å²) in [6.45, 7) is 0. The Hall–Kier alpha value is -1.02. The molecule has 1 saturated carbocycles. The summed E-state index contributed by atoms with van der Waals surface area (Å²) in [5.74, 6) is 0.829. The lowest BCUT2D eigenvalue weighted by Crippen LogP contribution is -2.24. The molecule has 0 N–H and O–H groups in total. The molecule has 0 spiro atoms. The Kier molecular flexibility index (Phi) is 5.06. The minimum Gasteiger partial charge on any atom is -0.425 e. The van der Waals surface area contributed by atoms with E-state index in [1.54, 1.807) is 12.1 Å². The average Bonchev–Trinajstić information content (AvgIpc) is 2.41. The smallest absolute Gasteiger partial charge is 0.329 e. The van der Waals surface area contributed by atoms with E-state index in [2.05, 4.69) is 0 Å². The fourth-order valence-corrected chi connectivity index (χ4v) is 2.78. The summed E-state index contributed by atoms with van der Waals surface area (Å²) >= 11 is 6.14. The Morgan fingerprint density at radius 3 is 2.56 bits per heavy atom. The Balaban J connectivity index is 1.81. The van der Waals surface area contributed by atoms with Crippen LogP contribution < -0.4 is 4.74 Å². The third kappa shape index (κ3) is 4.02. The zero-order valence-corrected chi connectivity index (χ0v) is 11.2. The number of esters is 1. The van der Waals surface area contributed by atoms with Gasteiger partial charge in [-0.05, 0) is 24.5 Å². The second kappa shape index (κ2) is 6.79. The van der Waals surface area contributed by atoms with E-state index in [0.29, 0.717) is 11.7 Å². The topological polar surface area (TPSA) is 26.3 Å². The van der Waals surface area contributed by atoms with Crippen LogP contribution in [-0.2, 0) is 4.79 Å². The Labute approximate surface area is 113 Å². The minimum absolute atomic E-state index is 0.326. The highest BCUT2D eigenvalue weighted by Crippen LogP contribution is 2.29. The average molecular weight is 267 g/mol. The SMILES string of the molecule is O=C(Oc1ccccc1)[C@@H](Cl)CC1CCCCC1. The molecule has 1 aromatic rings. The van der Waals surface area contributed by atoms with Crippen molar-refractivity contribution in [2.24, 2.45) is 5.92 Å². The summed E-state index contributed by atoms with van der Waals surface area (Å²) in [5.41, 5.74) is 0. The van der Waals surface area contributed by atoms with Crippen molar-refractivity contribution in [2.75, 3.05) is 0 Å². The zero-order valence-electron chi connectivity index (χ0n) is 10.5. The van der Waals surface area contributed by atoms with Crippen LogP contribution in [0.5, 0.6) is 5.75 Å². The van der Waals surface area contributed by atoms with E-state index in [9.17, 15) is 4.79 Å². The van der Waals surface area contributed by atoms with Gasteiger partial charge >= 0.3 is 5.97 Å². The summed E-state index contributed by atoms with van der Waals surface area (Å²) in [7, 11) is 0. The highest BCUT2D eigenvalue weighted by atomic mass is 35.5. The van der Waals surface area contributed by atoms with Crippen molar-refractivity contribution in [3.8, 4) is 5.75 Å². The van der Waals surface area contributed by atoms with Crippen LogP contribution >= 0.6 is 11.6 Å². The molecule has 0 aromatic heterocycles. The molecule has 1 aliphatic carbocycles. The van der Waals surface area contributed by atoms with E-state index in [0.717, 1.165) is 6.42 Å². The van der Waals surface area contributed by atoms with Crippen LogP contribution in [0.2, 0.25) is 0 Å². The van der Waals surface area contributed by atoms with Crippen molar-refractivity contribution in [3.05, 3.63) is 30.3 Å².